The molecule has 0 N–H and O–H groups in total. The van der Waals surface area contributed by atoms with Crippen LogP contribution in [0.25, 0.3) is 21.0 Å². The normalized spacial score (nSPS) is 11.9. The lowest BCUT2D eigenvalue weighted by Gasteiger charge is -2.07. The third-order valence-corrected chi connectivity index (χ3v) is 5.73. The number of allylic oxidation sites excluding steroid dienone is 1. The Hall–Kier alpha value is -2.89. The number of halogens is 1. The third kappa shape index (κ3) is 3.35. The Morgan fingerprint density at radius 2 is 1.96 bits per heavy atom. The zero-order chi connectivity index (χ0) is 19.7. The summed E-state index contributed by atoms with van der Waals surface area (Å²) in [5, 5.41) is 2.62. The van der Waals surface area contributed by atoms with Crippen LogP contribution >= 0.6 is 22.9 Å². The molecule has 3 aromatic carbocycles. The van der Waals surface area contributed by atoms with Crippen LogP contribution < -0.4 is 9.54 Å². The van der Waals surface area contributed by atoms with E-state index in [9.17, 15) is 4.79 Å². The topological polar surface area (TPSA) is 43.6 Å². The molecule has 1 heterocycles. The van der Waals surface area contributed by atoms with Gasteiger partial charge in [0.15, 0.2) is 4.80 Å². The minimum atomic E-state index is -0.349. The van der Waals surface area contributed by atoms with Gasteiger partial charge in [0.05, 0.1) is 22.9 Å². The molecule has 4 nitrogen and oxygen atoms in total. The van der Waals surface area contributed by atoms with Gasteiger partial charge in [0.25, 0.3) is 5.91 Å². The molecular formula is C22H17ClN2O2S. The van der Waals surface area contributed by atoms with Gasteiger partial charge in [0, 0.05) is 11.6 Å². The molecular weight excluding hydrogens is 392 g/mol. The van der Waals surface area contributed by atoms with Crippen LogP contribution in [0.15, 0.2) is 72.2 Å². The van der Waals surface area contributed by atoms with E-state index in [2.05, 4.69) is 11.6 Å². The summed E-state index contributed by atoms with van der Waals surface area (Å²) in [7, 11) is 1.56. The number of aromatic nitrogens is 1. The number of hydrogen-bond acceptors (Lipinski definition) is 3. The number of amides is 1. The fraction of sp³-hybridized carbons (Fsp3) is 0.0909. The highest BCUT2D eigenvalue weighted by Gasteiger charge is 2.14. The number of carbonyl (C=O) groups excluding carboxylic acids is 1. The Kier molecular flexibility index (Phi) is 5.03. The standard InChI is InChI=1S/C22H17ClN2O2S/c1-3-10-25-18-9-8-16(23)13-20(18)28-22(25)24-21(26)17-11-14-6-4-5-7-15(14)12-19(17)27-2/h3-9,11-13H,1,10H2,2H3/b24-22-. The summed E-state index contributed by atoms with van der Waals surface area (Å²) in [6, 6.07) is 17.2. The van der Waals surface area contributed by atoms with Crippen molar-refractivity contribution in [3.8, 4) is 5.75 Å². The molecule has 4 rings (SSSR count). The van der Waals surface area contributed by atoms with Gasteiger partial charge in [-0.05, 0) is 41.1 Å². The average Bonchev–Trinajstić information content (AvgIpc) is 3.03. The van der Waals surface area contributed by atoms with Crippen molar-refractivity contribution in [2.24, 2.45) is 4.99 Å². The van der Waals surface area contributed by atoms with Crippen LogP contribution in [0.3, 0.4) is 0 Å². The van der Waals surface area contributed by atoms with Gasteiger partial charge in [-0.1, -0.05) is 53.3 Å². The molecule has 28 heavy (non-hydrogen) atoms. The van der Waals surface area contributed by atoms with Crippen LogP contribution in [0, 0.1) is 0 Å². The van der Waals surface area contributed by atoms with Gasteiger partial charge < -0.3 is 9.30 Å². The molecule has 140 valence electrons. The van der Waals surface area contributed by atoms with Gasteiger partial charge in [-0.2, -0.15) is 4.99 Å². The van der Waals surface area contributed by atoms with E-state index in [1.807, 2.05) is 59.2 Å². The predicted molar refractivity (Wildman–Crippen MR) is 115 cm³/mol. The van der Waals surface area contributed by atoms with Crippen molar-refractivity contribution in [2.45, 2.75) is 6.54 Å². The van der Waals surface area contributed by atoms with E-state index in [0.717, 1.165) is 21.0 Å². The SMILES string of the molecule is C=CCn1/c(=N/C(=O)c2cc3ccccc3cc2OC)sc2cc(Cl)ccc21. The van der Waals surface area contributed by atoms with Crippen molar-refractivity contribution in [1.82, 2.24) is 4.57 Å². The molecule has 0 bridgehead atoms. The van der Waals surface area contributed by atoms with Crippen LogP contribution in [0.2, 0.25) is 5.02 Å². The molecule has 0 saturated carbocycles. The predicted octanol–water partition coefficient (Wildman–Crippen LogP) is 5.45. The van der Waals surface area contributed by atoms with Crippen molar-refractivity contribution < 1.29 is 9.53 Å². The lowest BCUT2D eigenvalue weighted by atomic mass is 10.1. The Morgan fingerprint density at radius 3 is 2.68 bits per heavy atom. The molecule has 4 aromatic rings. The van der Waals surface area contributed by atoms with Crippen LogP contribution in [0.1, 0.15) is 10.4 Å². The summed E-state index contributed by atoms with van der Waals surface area (Å²) in [6.45, 7) is 4.36. The Bertz CT molecular complexity index is 1290. The van der Waals surface area contributed by atoms with Gasteiger partial charge >= 0.3 is 0 Å². The number of rotatable bonds is 4. The number of methoxy groups -OCH3 is 1. The van der Waals surface area contributed by atoms with Crippen LogP contribution in [0.5, 0.6) is 5.75 Å². The van der Waals surface area contributed by atoms with Crippen molar-refractivity contribution in [3.05, 3.63) is 82.6 Å². The van der Waals surface area contributed by atoms with Crippen LogP contribution in [0.4, 0.5) is 0 Å². The van der Waals surface area contributed by atoms with E-state index in [1.54, 1.807) is 13.2 Å². The number of thiazole rings is 1. The number of benzene rings is 3. The summed E-state index contributed by atoms with van der Waals surface area (Å²) in [4.78, 5) is 18.0. The zero-order valence-corrected chi connectivity index (χ0v) is 16.8. The summed E-state index contributed by atoms with van der Waals surface area (Å²) in [5.74, 6) is 0.157. The maximum absolute atomic E-state index is 13.0. The van der Waals surface area contributed by atoms with Crippen LogP contribution in [-0.4, -0.2) is 17.6 Å². The third-order valence-electron chi connectivity index (χ3n) is 4.45. The lowest BCUT2D eigenvalue weighted by molar-refractivity contribution is 0.0995. The van der Waals surface area contributed by atoms with Gasteiger partial charge in [0.1, 0.15) is 5.75 Å². The highest BCUT2D eigenvalue weighted by atomic mass is 35.5. The number of nitrogens with zero attached hydrogens (tertiary/aromatic N) is 2. The monoisotopic (exact) mass is 408 g/mol. The Labute approximate surface area is 171 Å². The molecule has 0 unspecified atom stereocenters. The number of hydrogen-bond donors (Lipinski definition) is 0. The molecule has 0 fully saturated rings. The van der Waals surface area contributed by atoms with Gasteiger partial charge in [-0.25, -0.2) is 0 Å². The first kappa shape index (κ1) is 18.5. The fourth-order valence-corrected chi connectivity index (χ4v) is 4.45. The van der Waals surface area contributed by atoms with E-state index >= 15 is 0 Å². The maximum atomic E-state index is 13.0. The molecule has 0 saturated heterocycles. The van der Waals surface area contributed by atoms with E-state index in [1.165, 1.54) is 11.3 Å². The first-order chi connectivity index (χ1) is 13.6. The van der Waals surface area contributed by atoms with Crippen LogP contribution in [-0.2, 0) is 6.54 Å². The maximum Gasteiger partial charge on any atom is 0.283 e. The summed E-state index contributed by atoms with van der Waals surface area (Å²) in [6.07, 6.45) is 1.78. The quantitative estimate of drug-likeness (QED) is 0.422. The molecule has 0 aliphatic carbocycles. The number of fused-ring (bicyclic) bond motifs is 2. The van der Waals surface area contributed by atoms with Gasteiger partial charge in [-0.3, -0.25) is 4.79 Å². The van der Waals surface area contributed by atoms with Gasteiger partial charge in [0.2, 0.25) is 0 Å². The molecule has 0 aliphatic heterocycles. The van der Waals surface area contributed by atoms with E-state index < -0.39 is 0 Å². The molecule has 0 aliphatic rings. The van der Waals surface area contributed by atoms with Crippen molar-refractivity contribution in [2.75, 3.05) is 7.11 Å². The summed E-state index contributed by atoms with van der Waals surface area (Å²) >= 11 is 7.54. The first-order valence-electron chi connectivity index (χ1n) is 8.66. The number of ether oxygens (including phenoxy) is 1. The summed E-state index contributed by atoms with van der Waals surface area (Å²) < 4.78 is 8.36. The number of carbonyl (C=O) groups is 1. The van der Waals surface area contributed by atoms with E-state index in [0.29, 0.717) is 27.7 Å². The lowest BCUT2D eigenvalue weighted by Crippen LogP contribution is -2.16. The first-order valence-corrected chi connectivity index (χ1v) is 9.86. The van der Waals surface area contributed by atoms with Gasteiger partial charge in [-0.15, -0.1) is 6.58 Å². The molecule has 1 amide bonds. The van der Waals surface area contributed by atoms with Crippen molar-refractivity contribution in [1.29, 1.82) is 0 Å². The minimum absolute atomic E-state index is 0.349. The van der Waals surface area contributed by atoms with E-state index in [-0.39, 0.29) is 5.91 Å². The minimum Gasteiger partial charge on any atom is -0.496 e. The Morgan fingerprint density at radius 1 is 1.21 bits per heavy atom. The fourth-order valence-electron chi connectivity index (χ4n) is 3.14. The molecule has 1 aromatic heterocycles. The molecule has 0 atom stereocenters. The largest absolute Gasteiger partial charge is 0.496 e. The smallest absolute Gasteiger partial charge is 0.283 e. The molecule has 0 spiro atoms. The van der Waals surface area contributed by atoms with Crippen molar-refractivity contribution >= 4 is 49.8 Å². The second-order valence-electron chi connectivity index (χ2n) is 6.21. The average molecular weight is 409 g/mol. The molecule has 0 radical (unpaired) electrons. The second kappa shape index (κ2) is 7.62. The van der Waals surface area contributed by atoms with Crippen molar-refractivity contribution in [3.63, 3.8) is 0 Å². The Balaban J connectivity index is 1.89. The molecule has 6 heteroatoms. The highest BCUT2D eigenvalue weighted by Crippen LogP contribution is 2.27. The highest BCUT2D eigenvalue weighted by molar-refractivity contribution is 7.16. The second-order valence-corrected chi connectivity index (χ2v) is 7.66. The summed E-state index contributed by atoms with van der Waals surface area (Å²) in [5.41, 5.74) is 1.40. The zero-order valence-electron chi connectivity index (χ0n) is 15.2. The van der Waals surface area contributed by atoms with E-state index in [4.69, 9.17) is 16.3 Å².